The largest absolute Gasteiger partial charge is 0.349 e. The molecule has 1 aliphatic rings. The standard InChI is InChI=1S/C20H19ClN6OS/c1-27(2)20(28)10-3-4-12-16(6-10)29-19-17(12)18(22-9-23-19)25-15-5-11-8-24-26-14(11)7-13(15)21/h5,7-10H,3-4,6H2,1-2H3,(H,24,26)(H,22,23,25). The minimum Gasteiger partial charge on any atom is -0.349 e. The number of amides is 1. The first-order valence-electron chi connectivity index (χ1n) is 9.37. The zero-order valence-electron chi connectivity index (χ0n) is 16.0. The lowest BCUT2D eigenvalue weighted by molar-refractivity contribution is -0.133. The molecule has 3 heterocycles. The van der Waals surface area contributed by atoms with Crippen LogP contribution in [0.3, 0.4) is 0 Å². The van der Waals surface area contributed by atoms with Gasteiger partial charge in [-0.25, -0.2) is 9.97 Å². The molecule has 0 saturated carbocycles. The second-order valence-electron chi connectivity index (χ2n) is 7.49. The van der Waals surface area contributed by atoms with E-state index in [1.165, 1.54) is 10.4 Å². The van der Waals surface area contributed by atoms with Crippen LogP contribution in [0.4, 0.5) is 11.5 Å². The van der Waals surface area contributed by atoms with Gasteiger partial charge in [-0.15, -0.1) is 11.3 Å². The average molecular weight is 427 g/mol. The van der Waals surface area contributed by atoms with Crippen LogP contribution >= 0.6 is 22.9 Å². The predicted octanol–water partition coefficient (Wildman–Crippen LogP) is 4.16. The van der Waals surface area contributed by atoms with Crippen molar-refractivity contribution in [1.29, 1.82) is 0 Å². The molecular weight excluding hydrogens is 408 g/mol. The van der Waals surface area contributed by atoms with Crippen LogP contribution in [-0.2, 0) is 17.6 Å². The van der Waals surface area contributed by atoms with Crippen LogP contribution in [0.2, 0.25) is 5.02 Å². The number of hydrogen-bond acceptors (Lipinski definition) is 6. The zero-order chi connectivity index (χ0) is 20.1. The van der Waals surface area contributed by atoms with Gasteiger partial charge in [-0.3, -0.25) is 9.89 Å². The third-order valence-electron chi connectivity index (χ3n) is 5.42. The van der Waals surface area contributed by atoms with Crippen molar-refractivity contribution in [3.05, 3.63) is 40.1 Å². The van der Waals surface area contributed by atoms with Gasteiger partial charge in [0.2, 0.25) is 5.91 Å². The number of nitrogens with zero attached hydrogens (tertiary/aromatic N) is 4. The summed E-state index contributed by atoms with van der Waals surface area (Å²) in [6, 6.07) is 3.81. The summed E-state index contributed by atoms with van der Waals surface area (Å²) in [6.45, 7) is 0. The molecule has 148 valence electrons. The van der Waals surface area contributed by atoms with Gasteiger partial charge >= 0.3 is 0 Å². The summed E-state index contributed by atoms with van der Waals surface area (Å²) >= 11 is 8.12. The van der Waals surface area contributed by atoms with Crippen molar-refractivity contribution in [2.75, 3.05) is 19.4 Å². The topological polar surface area (TPSA) is 86.8 Å². The second kappa shape index (κ2) is 6.96. The third kappa shape index (κ3) is 3.12. The van der Waals surface area contributed by atoms with Gasteiger partial charge < -0.3 is 10.2 Å². The van der Waals surface area contributed by atoms with Crippen LogP contribution in [0.1, 0.15) is 16.9 Å². The van der Waals surface area contributed by atoms with E-state index in [-0.39, 0.29) is 11.8 Å². The molecule has 0 aliphatic heterocycles. The normalized spacial score (nSPS) is 16.2. The molecule has 29 heavy (non-hydrogen) atoms. The van der Waals surface area contributed by atoms with Crippen molar-refractivity contribution < 1.29 is 4.79 Å². The van der Waals surface area contributed by atoms with E-state index in [0.29, 0.717) is 5.02 Å². The summed E-state index contributed by atoms with van der Waals surface area (Å²) in [5.74, 6) is 0.972. The minimum absolute atomic E-state index is 0.0351. The molecule has 1 unspecified atom stereocenters. The highest BCUT2D eigenvalue weighted by molar-refractivity contribution is 7.19. The van der Waals surface area contributed by atoms with Crippen molar-refractivity contribution in [3.8, 4) is 0 Å². The molecule has 0 bridgehead atoms. The highest BCUT2D eigenvalue weighted by atomic mass is 35.5. The Morgan fingerprint density at radius 1 is 1.34 bits per heavy atom. The van der Waals surface area contributed by atoms with Gasteiger partial charge in [-0.05, 0) is 37.0 Å². The molecule has 0 radical (unpaired) electrons. The number of aromatic amines is 1. The number of hydrogen-bond donors (Lipinski definition) is 2. The van der Waals surface area contributed by atoms with Gasteiger partial charge in [0.1, 0.15) is 17.0 Å². The monoisotopic (exact) mass is 426 g/mol. The van der Waals surface area contributed by atoms with E-state index in [0.717, 1.165) is 51.9 Å². The number of carbonyl (C=O) groups is 1. The Labute approximate surface area is 176 Å². The zero-order valence-corrected chi connectivity index (χ0v) is 17.6. The van der Waals surface area contributed by atoms with E-state index in [1.54, 1.807) is 28.8 Å². The number of anilines is 2. The number of thiophene rings is 1. The van der Waals surface area contributed by atoms with Gasteiger partial charge in [0.15, 0.2) is 0 Å². The average Bonchev–Trinajstić information content (AvgIpc) is 3.30. The number of rotatable bonds is 3. The number of H-pyrrole nitrogens is 1. The smallest absolute Gasteiger partial charge is 0.225 e. The van der Waals surface area contributed by atoms with Crippen molar-refractivity contribution in [2.24, 2.45) is 5.92 Å². The van der Waals surface area contributed by atoms with Gasteiger partial charge in [0.25, 0.3) is 0 Å². The molecule has 1 amide bonds. The molecule has 0 spiro atoms. The fourth-order valence-electron chi connectivity index (χ4n) is 3.97. The van der Waals surface area contributed by atoms with E-state index in [9.17, 15) is 4.79 Å². The lowest BCUT2D eigenvalue weighted by atomic mass is 9.87. The first-order valence-corrected chi connectivity index (χ1v) is 10.6. The van der Waals surface area contributed by atoms with Crippen LogP contribution in [0.15, 0.2) is 24.7 Å². The van der Waals surface area contributed by atoms with Gasteiger partial charge in [0.05, 0.1) is 27.8 Å². The summed E-state index contributed by atoms with van der Waals surface area (Å²) < 4.78 is 0. The Morgan fingerprint density at radius 3 is 3.03 bits per heavy atom. The minimum atomic E-state index is 0.0351. The van der Waals surface area contributed by atoms with Crippen molar-refractivity contribution in [1.82, 2.24) is 25.1 Å². The molecule has 0 saturated heterocycles. The molecule has 9 heteroatoms. The van der Waals surface area contributed by atoms with Crippen molar-refractivity contribution in [2.45, 2.75) is 19.3 Å². The molecule has 5 rings (SSSR count). The van der Waals surface area contributed by atoms with Crippen LogP contribution < -0.4 is 5.32 Å². The molecule has 0 fully saturated rings. The Balaban J connectivity index is 1.54. The van der Waals surface area contributed by atoms with Crippen LogP contribution in [-0.4, -0.2) is 45.1 Å². The molecule has 1 aromatic carbocycles. The van der Waals surface area contributed by atoms with Crippen LogP contribution in [0.5, 0.6) is 0 Å². The molecule has 1 atom stereocenters. The Kier molecular flexibility index (Phi) is 4.40. The quantitative estimate of drug-likeness (QED) is 0.513. The number of carbonyl (C=O) groups excluding carboxylic acids is 1. The maximum Gasteiger partial charge on any atom is 0.225 e. The maximum atomic E-state index is 12.4. The van der Waals surface area contributed by atoms with Gasteiger partial charge in [-0.2, -0.15) is 5.10 Å². The molecular formula is C20H19ClN6OS. The van der Waals surface area contributed by atoms with E-state index >= 15 is 0 Å². The van der Waals surface area contributed by atoms with E-state index in [2.05, 4.69) is 25.5 Å². The SMILES string of the molecule is CN(C)C(=O)C1CCc2c(sc3ncnc(Nc4cc5cn[nH]c5cc4Cl)c23)C1. The number of nitrogens with one attached hydrogen (secondary N) is 2. The fraction of sp³-hybridized carbons (Fsp3) is 0.300. The number of aromatic nitrogens is 4. The first-order chi connectivity index (χ1) is 14.0. The molecule has 3 aromatic heterocycles. The van der Waals surface area contributed by atoms with E-state index < -0.39 is 0 Å². The van der Waals surface area contributed by atoms with Crippen molar-refractivity contribution in [3.63, 3.8) is 0 Å². The lowest BCUT2D eigenvalue weighted by Crippen LogP contribution is -2.32. The number of halogens is 1. The highest BCUT2D eigenvalue weighted by Crippen LogP contribution is 2.41. The third-order valence-corrected chi connectivity index (χ3v) is 6.89. The molecule has 2 N–H and O–H groups in total. The predicted molar refractivity (Wildman–Crippen MR) is 116 cm³/mol. The van der Waals surface area contributed by atoms with Crippen molar-refractivity contribution >= 4 is 61.5 Å². The van der Waals surface area contributed by atoms with E-state index in [1.807, 2.05) is 26.2 Å². The lowest BCUT2D eigenvalue weighted by Gasteiger charge is -2.24. The van der Waals surface area contributed by atoms with Crippen LogP contribution in [0.25, 0.3) is 21.1 Å². The number of benzene rings is 1. The first kappa shape index (κ1) is 18.3. The highest BCUT2D eigenvalue weighted by Gasteiger charge is 2.29. The van der Waals surface area contributed by atoms with Gasteiger partial charge in [-0.1, -0.05) is 11.6 Å². The molecule has 1 aliphatic carbocycles. The summed E-state index contributed by atoms with van der Waals surface area (Å²) in [4.78, 5) is 25.3. The Morgan fingerprint density at radius 2 is 2.21 bits per heavy atom. The Bertz CT molecular complexity index is 1250. The molecule has 4 aromatic rings. The maximum absolute atomic E-state index is 12.4. The number of aryl methyl sites for hydroxylation is 1. The van der Waals surface area contributed by atoms with Gasteiger partial charge in [0, 0.05) is 30.3 Å². The second-order valence-corrected chi connectivity index (χ2v) is 8.98. The van der Waals surface area contributed by atoms with Crippen LogP contribution in [0, 0.1) is 5.92 Å². The fourth-order valence-corrected chi connectivity index (χ4v) is 5.45. The summed E-state index contributed by atoms with van der Waals surface area (Å²) in [6.07, 6.45) is 5.77. The number of fused-ring (bicyclic) bond motifs is 4. The summed E-state index contributed by atoms with van der Waals surface area (Å²) in [5.41, 5.74) is 2.91. The summed E-state index contributed by atoms with van der Waals surface area (Å²) in [5, 5.41) is 13.0. The Hall–Kier alpha value is -2.71. The van der Waals surface area contributed by atoms with E-state index in [4.69, 9.17) is 11.6 Å². The molecule has 7 nitrogen and oxygen atoms in total. The summed E-state index contributed by atoms with van der Waals surface area (Å²) in [7, 11) is 3.63.